The fourth-order valence-corrected chi connectivity index (χ4v) is 0.582. The average Bonchev–Trinajstić information content (AvgIpc) is 1.85. The van der Waals surface area contributed by atoms with Crippen LogP contribution in [0.15, 0.2) is 11.5 Å². The third-order valence-electron chi connectivity index (χ3n) is 0.984. The van der Waals surface area contributed by atoms with E-state index in [1.807, 2.05) is 0 Å². The van der Waals surface area contributed by atoms with Crippen LogP contribution in [0.1, 0.15) is 13.8 Å². The average molecular weight is 173 g/mol. The molecule has 5 heteroatoms. The molecule has 68 valence electrons. The van der Waals surface area contributed by atoms with E-state index >= 15 is 0 Å². The monoisotopic (exact) mass is 173 g/mol. The first-order chi connectivity index (χ1) is 5.49. The van der Waals surface area contributed by atoms with Gasteiger partial charge in [0, 0.05) is 6.92 Å². The van der Waals surface area contributed by atoms with Crippen LogP contribution in [0.25, 0.3) is 0 Å². The Kier molecular flexibility index (Phi) is 3.82. The number of methoxy groups -OCH3 is 1. The normalized spacial score (nSPS) is 11.6. The van der Waals surface area contributed by atoms with Crippen LogP contribution in [-0.2, 0) is 19.1 Å². The van der Waals surface area contributed by atoms with Gasteiger partial charge in [-0.1, -0.05) is 0 Å². The molecule has 0 atom stereocenters. The molecule has 0 aliphatic heterocycles. The SMILES string of the molecule is COC(C(=O)OC(C)=O)=C(C)N. The van der Waals surface area contributed by atoms with Crippen LogP contribution in [0.3, 0.4) is 0 Å². The second-order valence-electron chi connectivity index (χ2n) is 2.10. The van der Waals surface area contributed by atoms with Gasteiger partial charge in [-0.15, -0.1) is 0 Å². The minimum atomic E-state index is -0.870. The first kappa shape index (κ1) is 10.5. The zero-order valence-corrected chi connectivity index (χ0v) is 7.21. The molecule has 0 aromatic rings. The molecule has 0 aromatic heterocycles. The van der Waals surface area contributed by atoms with Crippen molar-refractivity contribution < 1.29 is 19.1 Å². The second-order valence-corrected chi connectivity index (χ2v) is 2.10. The number of hydrogen-bond donors (Lipinski definition) is 1. The number of esters is 2. The van der Waals surface area contributed by atoms with Gasteiger partial charge < -0.3 is 15.2 Å². The fourth-order valence-electron chi connectivity index (χ4n) is 0.582. The standard InChI is InChI=1S/C7H11NO4/c1-4(8)6(11-3)7(10)12-5(2)9/h8H2,1-3H3. The number of nitrogens with two attached hydrogens (primary N) is 1. The lowest BCUT2D eigenvalue weighted by Gasteiger charge is -2.04. The largest absolute Gasteiger partial charge is 0.489 e. The Morgan fingerprint density at radius 3 is 2.00 bits per heavy atom. The zero-order valence-electron chi connectivity index (χ0n) is 7.21. The van der Waals surface area contributed by atoms with Crippen LogP contribution >= 0.6 is 0 Å². The molecule has 0 spiro atoms. The number of carbonyl (C=O) groups is 2. The van der Waals surface area contributed by atoms with Crippen LogP contribution in [-0.4, -0.2) is 19.0 Å². The number of carbonyl (C=O) groups excluding carboxylic acids is 2. The maximum absolute atomic E-state index is 10.9. The Balaban J connectivity index is 4.45. The van der Waals surface area contributed by atoms with Crippen LogP contribution in [0.4, 0.5) is 0 Å². The quantitative estimate of drug-likeness (QED) is 0.273. The summed E-state index contributed by atoms with van der Waals surface area (Å²) in [5.41, 5.74) is 5.44. The molecule has 0 rings (SSSR count). The maximum atomic E-state index is 10.9. The highest BCUT2D eigenvalue weighted by atomic mass is 16.6. The van der Waals surface area contributed by atoms with E-state index in [-0.39, 0.29) is 11.5 Å². The van der Waals surface area contributed by atoms with E-state index in [4.69, 9.17) is 5.73 Å². The summed E-state index contributed by atoms with van der Waals surface area (Å²) in [5, 5.41) is 0. The number of rotatable bonds is 2. The van der Waals surface area contributed by atoms with Crippen molar-refractivity contribution in [1.82, 2.24) is 0 Å². The fraction of sp³-hybridized carbons (Fsp3) is 0.429. The molecule has 0 aromatic carbocycles. The van der Waals surface area contributed by atoms with Crippen molar-refractivity contribution in [2.75, 3.05) is 7.11 Å². The van der Waals surface area contributed by atoms with Gasteiger partial charge in [-0.25, -0.2) is 4.79 Å². The smallest absolute Gasteiger partial charge is 0.383 e. The number of hydrogen-bond acceptors (Lipinski definition) is 5. The Hall–Kier alpha value is -1.52. The van der Waals surface area contributed by atoms with Gasteiger partial charge >= 0.3 is 11.9 Å². The third kappa shape index (κ3) is 3.05. The molecule has 12 heavy (non-hydrogen) atoms. The molecular weight excluding hydrogens is 162 g/mol. The van der Waals surface area contributed by atoms with E-state index < -0.39 is 11.9 Å². The van der Waals surface area contributed by atoms with Gasteiger partial charge in [0.1, 0.15) is 0 Å². The van der Waals surface area contributed by atoms with Crippen LogP contribution in [0.2, 0.25) is 0 Å². The van der Waals surface area contributed by atoms with Crippen molar-refractivity contribution in [1.29, 1.82) is 0 Å². The second kappa shape index (κ2) is 4.38. The van der Waals surface area contributed by atoms with Gasteiger partial charge in [-0.3, -0.25) is 4.79 Å². The maximum Gasteiger partial charge on any atom is 0.383 e. The Bertz CT molecular complexity index is 228. The summed E-state index contributed by atoms with van der Waals surface area (Å²) in [6.07, 6.45) is 0. The van der Waals surface area contributed by atoms with E-state index in [9.17, 15) is 9.59 Å². The third-order valence-corrected chi connectivity index (χ3v) is 0.984. The predicted molar refractivity (Wildman–Crippen MR) is 40.7 cm³/mol. The van der Waals surface area contributed by atoms with Gasteiger partial charge in [0.25, 0.3) is 0 Å². The molecule has 0 aliphatic rings. The van der Waals surface area contributed by atoms with Gasteiger partial charge in [0.05, 0.1) is 12.8 Å². The van der Waals surface area contributed by atoms with E-state index in [1.54, 1.807) is 0 Å². The number of allylic oxidation sites excluding steroid dienone is 1. The zero-order chi connectivity index (χ0) is 9.72. The summed E-state index contributed by atoms with van der Waals surface area (Å²) in [7, 11) is 1.27. The molecule has 5 nitrogen and oxygen atoms in total. The highest BCUT2D eigenvalue weighted by Gasteiger charge is 2.15. The molecule has 0 bridgehead atoms. The Labute approximate surface area is 70.1 Å². The van der Waals surface area contributed by atoms with Gasteiger partial charge in [-0.05, 0) is 6.92 Å². The molecule has 0 saturated carbocycles. The van der Waals surface area contributed by atoms with Crippen molar-refractivity contribution in [3.8, 4) is 0 Å². The highest BCUT2D eigenvalue weighted by Crippen LogP contribution is 2.02. The van der Waals surface area contributed by atoms with Crippen LogP contribution in [0, 0.1) is 0 Å². The predicted octanol–water partition coefficient (Wildman–Crippen LogP) is -0.0873. The van der Waals surface area contributed by atoms with E-state index in [0.717, 1.165) is 6.92 Å². The van der Waals surface area contributed by atoms with Crippen molar-refractivity contribution in [3.63, 3.8) is 0 Å². The summed E-state index contributed by atoms with van der Waals surface area (Å²) in [6.45, 7) is 2.59. The lowest BCUT2D eigenvalue weighted by atomic mass is 10.4. The van der Waals surface area contributed by atoms with Crippen molar-refractivity contribution in [3.05, 3.63) is 11.5 Å². The van der Waals surface area contributed by atoms with Crippen molar-refractivity contribution >= 4 is 11.9 Å². The Morgan fingerprint density at radius 2 is 1.75 bits per heavy atom. The first-order valence-corrected chi connectivity index (χ1v) is 3.22. The van der Waals surface area contributed by atoms with Gasteiger partial charge in [0.2, 0.25) is 5.76 Å². The van der Waals surface area contributed by atoms with Crippen LogP contribution in [0.5, 0.6) is 0 Å². The molecule has 0 amide bonds. The Morgan fingerprint density at radius 1 is 1.25 bits per heavy atom. The minimum Gasteiger partial charge on any atom is -0.489 e. The molecule has 0 aliphatic carbocycles. The number of ether oxygens (including phenoxy) is 2. The molecule has 2 N–H and O–H groups in total. The highest BCUT2D eigenvalue weighted by molar-refractivity contribution is 5.94. The van der Waals surface area contributed by atoms with Crippen molar-refractivity contribution in [2.24, 2.45) is 5.73 Å². The van der Waals surface area contributed by atoms with E-state index in [0.29, 0.717) is 0 Å². The van der Waals surface area contributed by atoms with Gasteiger partial charge in [0.15, 0.2) is 0 Å². The summed E-state index contributed by atoms with van der Waals surface area (Å²) in [5.74, 6) is -1.72. The molecule has 0 heterocycles. The van der Waals surface area contributed by atoms with E-state index in [1.165, 1.54) is 14.0 Å². The minimum absolute atomic E-state index is 0.148. The summed E-state index contributed by atoms with van der Waals surface area (Å²) < 4.78 is 8.83. The lowest BCUT2D eigenvalue weighted by molar-refractivity contribution is -0.157. The van der Waals surface area contributed by atoms with Gasteiger partial charge in [-0.2, -0.15) is 0 Å². The van der Waals surface area contributed by atoms with Crippen LogP contribution < -0.4 is 5.73 Å². The summed E-state index contributed by atoms with van der Waals surface area (Å²) >= 11 is 0. The lowest BCUT2D eigenvalue weighted by Crippen LogP contribution is -2.16. The van der Waals surface area contributed by atoms with Crippen molar-refractivity contribution in [2.45, 2.75) is 13.8 Å². The summed E-state index contributed by atoms with van der Waals surface area (Å²) in [4.78, 5) is 21.3. The molecule has 0 saturated heterocycles. The topological polar surface area (TPSA) is 78.6 Å². The van der Waals surface area contributed by atoms with E-state index in [2.05, 4.69) is 9.47 Å². The molecule has 0 radical (unpaired) electrons. The summed E-state index contributed by atoms with van der Waals surface area (Å²) in [6, 6.07) is 0. The molecule has 0 fully saturated rings. The molecule has 0 unspecified atom stereocenters. The first-order valence-electron chi connectivity index (χ1n) is 3.22. The molecular formula is C7H11NO4.